The van der Waals surface area contributed by atoms with Crippen molar-refractivity contribution in [3.8, 4) is 0 Å². The van der Waals surface area contributed by atoms with E-state index < -0.39 is 11.7 Å². The fraction of sp³-hybridized carbons (Fsp3) is 0.538. The summed E-state index contributed by atoms with van der Waals surface area (Å²) in [6.07, 6.45) is -1.31. The fourth-order valence-corrected chi connectivity index (χ4v) is 2.26. The molecule has 1 aromatic rings. The molecular weight excluding hydrogens is 279 g/mol. The zero-order valence-electron chi connectivity index (χ0n) is 10.3. The van der Waals surface area contributed by atoms with Gasteiger partial charge in [-0.15, -0.1) is 0 Å². The normalized spacial score (nSPS) is 19.7. The first-order valence-electron chi connectivity index (χ1n) is 6.19. The highest BCUT2D eigenvalue weighted by atomic mass is 35.5. The molecule has 1 unspecified atom stereocenters. The molecule has 1 heterocycles. The number of anilines is 1. The smallest absolute Gasteiger partial charge is 0.384 e. The summed E-state index contributed by atoms with van der Waals surface area (Å²) >= 11 is 5.88. The molecule has 1 fully saturated rings. The highest BCUT2D eigenvalue weighted by Crippen LogP contribution is 2.33. The number of hydrogen-bond acceptors (Lipinski definition) is 2. The van der Waals surface area contributed by atoms with Gasteiger partial charge in [-0.05, 0) is 37.5 Å². The number of ether oxygens (including phenoxy) is 1. The Morgan fingerprint density at radius 2 is 2.16 bits per heavy atom. The average molecular weight is 294 g/mol. The topological polar surface area (TPSA) is 21.3 Å². The zero-order chi connectivity index (χ0) is 13.9. The summed E-state index contributed by atoms with van der Waals surface area (Å²) in [4.78, 5) is 0. The Hall–Kier alpha value is -0.940. The number of hydrogen-bond donors (Lipinski definition) is 1. The van der Waals surface area contributed by atoms with Crippen LogP contribution in [0.15, 0.2) is 18.2 Å². The maximum Gasteiger partial charge on any atom is 0.416 e. The largest absolute Gasteiger partial charge is 0.416 e. The predicted octanol–water partition coefficient (Wildman–Crippen LogP) is 4.34. The van der Waals surface area contributed by atoms with Crippen LogP contribution in [0.5, 0.6) is 0 Å². The summed E-state index contributed by atoms with van der Waals surface area (Å²) in [5.74, 6) is 0. The van der Waals surface area contributed by atoms with E-state index in [9.17, 15) is 13.2 Å². The third-order valence-electron chi connectivity index (χ3n) is 3.10. The van der Waals surface area contributed by atoms with Crippen LogP contribution in [0, 0.1) is 0 Å². The van der Waals surface area contributed by atoms with Gasteiger partial charge >= 0.3 is 6.18 Å². The lowest BCUT2D eigenvalue weighted by molar-refractivity contribution is -0.137. The number of rotatable bonds is 4. The molecule has 1 N–H and O–H groups in total. The van der Waals surface area contributed by atoms with Crippen LogP contribution in [-0.2, 0) is 10.9 Å². The van der Waals surface area contributed by atoms with E-state index in [0.717, 1.165) is 38.0 Å². The highest BCUT2D eigenvalue weighted by Gasteiger charge is 2.30. The first kappa shape index (κ1) is 14.5. The predicted molar refractivity (Wildman–Crippen MR) is 68.5 cm³/mol. The number of benzene rings is 1. The molecule has 2 nitrogen and oxygen atoms in total. The van der Waals surface area contributed by atoms with Gasteiger partial charge in [-0.25, -0.2) is 0 Å². The Balaban J connectivity index is 1.94. The number of alkyl halides is 3. The second-order valence-electron chi connectivity index (χ2n) is 4.54. The highest BCUT2D eigenvalue weighted by molar-refractivity contribution is 6.33. The van der Waals surface area contributed by atoms with E-state index in [1.54, 1.807) is 0 Å². The summed E-state index contributed by atoms with van der Waals surface area (Å²) in [7, 11) is 0. The van der Waals surface area contributed by atoms with E-state index in [1.165, 1.54) is 6.07 Å². The first-order chi connectivity index (χ1) is 8.97. The minimum absolute atomic E-state index is 0.206. The molecule has 106 valence electrons. The van der Waals surface area contributed by atoms with Crippen LogP contribution < -0.4 is 5.32 Å². The van der Waals surface area contributed by atoms with Crippen LogP contribution in [0.25, 0.3) is 0 Å². The van der Waals surface area contributed by atoms with E-state index in [1.807, 2.05) is 0 Å². The van der Waals surface area contributed by atoms with Gasteiger partial charge in [0.2, 0.25) is 0 Å². The lowest BCUT2D eigenvalue weighted by Crippen LogP contribution is -2.13. The van der Waals surface area contributed by atoms with E-state index in [4.69, 9.17) is 16.3 Å². The van der Waals surface area contributed by atoms with Gasteiger partial charge < -0.3 is 10.1 Å². The average Bonchev–Trinajstić information content (AvgIpc) is 2.83. The van der Waals surface area contributed by atoms with Gasteiger partial charge in [0.1, 0.15) is 0 Å². The molecule has 1 aliphatic rings. The van der Waals surface area contributed by atoms with Crippen LogP contribution in [0.4, 0.5) is 18.9 Å². The second kappa shape index (κ2) is 6.01. The van der Waals surface area contributed by atoms with Crippen molar-refractivity contribution in [3.05, 3.63) is 28.8 Å². The quantitative estimate of drug-likeness (QED) is 0.891. The summed E-state index contributed by atoms with van der Waals surface area (Å²) in [6.45, 7) is 1.32. The van der Waals surface area contributed by atoms with Gasteiger partial charge in [0.25, 0.3) is 0 Å². The maximum absolute atomic E-state index is 12.6. The summed E-state index contributed by atoms with van der Waals surface area (Å²) < 4.78 is 43.2. The standard InChI is InChI=1S/C13H15ClF3NO/c14-11-4-3-9(13(15,16)17)8-12(11)18-6-5-10-2-1-7-19-10/h3-4,8,10,18H,1-2,5-7H2. The Morgan fingerprint density at radius 1 is 1.37 bits per heavy atom. The van der Waals surface area contributed by atoms with Crippen molar-refractivity contribution in [2.24, 2.45) is 0 Å². The lowest BCUT2D eigenvalue weighted by Gasteiger charge is -2.14. The molecule has 1 saturated heterocycles. The second-order valence-corrected chi connectivity index (χ2v) is 4.95. The van der Waals surface area contributed by atoms with Gasteiger partial charge in [-0.1, -0.05) is 11.6 Å². The van der Waals surface area contributed by atoms with Crippen molar-refractivity contribution in [2.45, 2.75) is 31.5 Å². The minimum atomic E-state index is -4.35. The molecule has 0 aromatic heterocycles. The van der Waals surface area contributed by atoms with E-state index in [2.05, 4.69) is 5.32 Å². The molecule has 0 saturated carbocycles. The summed E-state index contributed by atoms with van der Waals surface area (Å²) in [6, 6.07) is 3.28. The van der Waals surface area contributed by atoms with Gasteiger partial charge in [0.05, 0.1) is 22.4 Å². The Morgan fingerprint density at radius 3 is 2.79 bits per heavy atom. The van der Waals surface area contributed by atoms with E-state index in [-0.39, 0.29) is 6.10 Å². The SMILES string of the molecule is FC(F)(F)c1ccc(Cl)c(NCCC2CCCO2)c1. The molecule has 0 spiro atoms. The number of nitrogens with one attached hydrogen (secondary N) is 1. The molecule has 1 atom stereocenters. The van der Waals surface area contributed by atoms with Gasteiger partial charge in [0, 0.05) is 13.2 Å². The molecule has 0 aliphatic carbocycles. The third-order valence-corrected chi connectivity index (χ3v) is 3.43. The van der Waals surface area contributed by atoms with E-state index >= 15 is 0 Å². The van der Waals surface area contributed by atoms with Gasteiger partial charge in [-0.3, -0.25) is 0 Å². The molecular formula is C13H15ClF3NO. The monoisotopic (exact) mass is 293 g/mol. The molecule has 2 rings (SSSR count). The molecule has 1 aliphatic heterocycles. The van der Waals surface area contributed by atoms with Gasteiger partial charge in [-0.2, -0.15) is 13.2 Å². The first-order valence-corrected chi connectivity index (χ1v) is 6.57. The van der Waals surface area contributed by atoms with Crippen molar-refractivity contribution in [1.82, 2.24) is 0 Å². The summed E-state index contributed by atoms with van der Waals surface area (Å²) in [5.41, 5.74) is -0.383. The summed E-state index contributed by atoms with van der Waals surface area (Å²) in [5, 5.41) is 3.23. The van der Waals surface area contributed by atoms with Crippen molar-refractivity contribution in [1.29, 1.82) is 0 Å². The van der Waals surface area contributed by atoms with Crippen LogP contribution in [0.3, 0.4) is 0 Å². The van der Waals surface area contributed by atoms with Crippen LogP contribution in [-0.4, -0.2) is 19.3 Å². The third kappa shape index (κ3) is 4.01. The molecule has 0 amide bonds. The van der Waals surface area contributed by atoms with Crippen LogP contribution in [0.1, 0.15) is 24.8 Å². The molecule has 0 bridgehead atoms. The van der Waals surface area contributed by atoms with Gasteiger partial charge in [0.15, 0.2) is 0 Å². The number of halogens is 4. The maximum atomic E-state index is 12.6. The molecule has 1 aromatic carbocycles. The Bertz CT molecular complexity index is 430. The lowest BCUT2D eigenvalue weighted by atomic mass is 10.1. The molecule has 6 heteroatoms. The van der Waals surface area contributed by atoms with Crippen molar-refractivity contribution in [2.75, 3.05) is 18.5 Å². The zero-order valence-corrected chi connectivity index (χ0v) is 11.0. The Labute approximate surface area is 114 Å². The fourth-order valence-electron chi connectivity index (χ4n) is 2.08. The van der Waals surface area contributed by atoms with Crippen molar-refractivity contribution >= 4 is 17.3 Å². The molecule has 19 heavy (non-hydrogen) atoms. The van der Waals surface area contributed by atoms with Crippen LogP contribution >= 0.6 is 11.6 Å². The minimum Gasteiger partial charge on any atom is -0.384 e. The van der Waals surface area contributed by atoms with Crippen molar-refractivity contribution < 1.29 is 17.9 Å². The van der Waals surface area contributed by atoms with Crippen molar-refractivity contribution in [3.63, 3.8) is 0 Å². The Kier molecular flexibility index (Phi) is 4.58. The molecule has 0 radical (unpaired) electrons. The van der Waals surface area contributed by atoms with E-state index in [0.29, 0.717) is 17.3 Å². The van der Waals surface area contributed by atoms with Crippen LogP contribution in [0.2, 0.25) is 5.02 Å².